The quantitative estimate of drug-likeness (QED) is 0.489. The maximum absolute atomic E-state index is 14.1. The van der Waals surface area contributed by atoms with Crippen LogP contribution in [0.4, 0.5) is 4.39 Å². The molecule has 1 saturated carbocycles. The second-order valence-electron chi connectivity index (χ2n) is 8.34. The molecule has 0 N–H and O–H groups in total. The molecule has 1 atom stereocenters. The lowest BCUT2D eigenvalue weighted by Gasteiger charge is -2.33. The molecular formula is C26H35FN2. The molecular weight excluding hydrogens is 359 g/mol. The second-order valence-corrected chi connectivity index (χ2v) is 8.34. The Bertz CT molecular complexity index is 758. The van der Waals surface area contributed by atoms with Crippen LogP contribution in [0.1, 0.15) is 63.6 Å². The number of hydrogen-bond acceptors (Lipinski definition) is 2. The number of alkyl halides is 1. The van der Waals surface area contributed by atoms with Crippen LogP contribution in [-0.2, 0) is 18.5 Å². The van der Waals surface area contributed by atoms with Gasteiger partial charge in [0.2, 0.25) is 0 Å². The lowest BCUT2D eigenvalue weighted by atomic mass is 10.0. The van der Waals surface area contributed by atoms with E-state index in [4.69, 9.17) is 5.26 Å². The monoisotopic (exact) mass is 394 g/mol. The summed E-state index contributed by atoms with van der Waals surface area (Å²) in [6.45, 7) is 9.42. The van der Waals surface area contributed by atoms with Crippen molar-refractivity contribution in [2.75, 3.05) is 6.54 Å². The molecule has 2 aromatic carbocycles. The summed E-state index contributed by atoms with van der Waals surface area (Å²) in [6, 6.07) is 21.8. The minimum atomic E-state index is -1.02. The summed E-state index contributed by atoms with van der Waals surface area (Å²) in [7, 11) is 0. The zero-order valence-electron chi connectivity index (χ0n) is 18.4. The van der Waals surface area contributed by atoms with Gasteiger partial charge in [-0.1, -0.05) is 54.6 Å². The first-order valence-corrected chi connectivity index (χ1v) is 10.8. The lowest BCUT2D eigenvalue weighted by Crippen LogP contribution is -2.40. The van der Waals surface area contributed by atoms with Gasteiger partial charge < -0.3 is 0 Å². The molecule has 1 fully saturated rings. The third kappa shape index (κ3) is 7.29. The highest BCUT2D eigenvalue weighted by atomic mass is 19.1. The van der Waals surface area contributed by atoms with Crippen LogP contribution in [-0.4, -0.2) is 23.5 Å². The molecule has 156 valence electrons. The highest BCUT2D eigenvalue weighted by Gasteiger charge is 2.44. The molecule has 0 aromatic heterocycles. The smallest absolute Gasteiger partial charge is 0.136 e. The van der Waals surface area contributed by atoms with Crippen LogP contribution in [0.25, 0.3) is 0 Å². The van der Waals surface area contributed by atoms with Crippen LogP contribution in [0.3, 0.4) is 0 Å². The topological polar surface area (TPSA) is 27.0 Å². The van der Waals surface area contributed by atoms with E-state index >= 15 is 0 Å². The number of halogens is 1. The van der Waals surface area contributed by atoms with Crippen molar-refractivity contribution in [3.63, 3.8) is 0 Å². The van der Waals surface area contributed by atoms with Crippen LogP contribution in [0.15, 0.2) is 54.6 Å². The molecule has 0 saturated heterocycles. The van der Waals surface area contributed by atoms with Crippen molar-refractivity contribution in [3.8, 4) is 6.07 Å². The first-order chi connectivity index (χ1) is 13.9. The average Bonchev–Trinajstić information content (AvgIpc) is 3.47. The van der Waals surface area contributed by atoms with Gasteiger partial charge >= 0.3 is 0 Å². The summed E-state index contributed by atoms with van der Waals surface area (Å²) in [5.41, 5.74) is 2.57. The summed E-state index contributed by atoms with van der Waals surface area (Å²) in [5.74, 6) is 0. The van der Waals surface area contributed by atoms with E-state index in [0.29, 0.717) is 24.9 Å². The molecule has 0 radical (unpaired) electrons. The fraction of sp³-hybridized carbons (Fsp3) is 0.500. The van der Waals surface area contributed by atoms with Crippen molar-refractivity contribution in [3.05, 3.63) is 71.3 Å². The highest BCUT2D eigenvalue weighted by Crippen LogP contribution is 2.49. The molecule has 3 rings (SSSR count). The Morgan fingerprint density at radius 2 is 1.52 bits per heavy atom. The van der Waals surface area contributed by atoms with E-state index in [1.807, 2.05) is 12.1 Å². The highest BCUT2D eigenvalue weighted by molar-refractivity contribution is 5.31. The minimum Gasteiger partial charge on any atom is -0.298 e. The summed E-state index contributed by atoms with van der Waals surface area (Å²) in [4.78, 5) is 2.60. The predicted octanol–water partition coefficient (Wildman–Crippen LogP) is 6.45. The molecule has 0 amide bonds. The standard InChI is InChI=1S/C24H32FN.C2H3N/c1-19(2)26(18-15-21-7-5-4-6-8-21)20(3)9-10-22-11-13-23(14-12-22)24(25)16-17-24;1-2-3/h4-8,11-14,19-20H,9-10,15-18H2,1-3H3;1H3. The van der Waals surface area contributed by atoms with Crippen molar-refractivity contribution >= 4 is 0 Å². The minimum absolute atomic E-state index is 0.536. The SMILES string of the molecule is CC#N.CC(C)N(CCc1ccccc1)C(C)CCc1ccc(C2(F)CC2)cc1. The third-order valence-corrected chi connectivity index (χ3v) is 5.74. The molecule has 0 bridgehead atoms. The number of rotatable bonds is 9. The molecule has 0 heterocycles. The molecule has 2 nitrogen and oxygen atoms in total. The van der Waals surface area contributed by atoms with Gasteiger partial charge in [0.15, 0.2) is 0 Å². The average molecular weight is 395 g/mol. The van der Waals surface area contributed by atoms with Crippen LogP contribution in [0, 0.1) is 11.3 Å². The predicted molar refractivity (Wildman–Crippen MR) is 120 cm³/mol. The van der Waals surface area contributed by atoms with Crippen molar-refractivity contribution in [2.45, 2.75) is 77.6 Å². The first kappa shape index (κ1) is 23.1. The Labute approximate surface area is 176 Å². The van der Waals surface area contributed by atoms with Gasteiger partial charge in [-0.2, -0.15) is 5.26 Å². The normalized spacial score (nSPS) is 15.4. The summed E-state index contributed by atoms with van der Waals surface area (Å²) in [6.07, 6.45) is 4.65. The molecule has 0 aliphatic heterocycles. The number of hydrogen-bond donors (Lipinski definition) is 0. The number of benzene rings is 2. The maximum atomic E-state index is 14.1. The Hall–Kier alpha value is -2.18. The Morgan fingerprint density at radius 3 is 2.03 bits per heavy atom. The molecule has 0 spiro atoms. The van der Waals surface area contributed by atoms with Gasteiger partial charge in [0.05, 0.1) is 6.07 Å². The van der Waals surface area contributed by atoms with Crippen molar-refractivity contribution in [2.24, 2.45) is 0 Å². The summed E-state index contributed by atoms with van der Waals surface area (Å²) < 4.78 is 14.1. The van der Waals surface area contributed by atoms with E-state index in [1.165, 1.54) is 18.1 Å². The Morgan fingerprint density at radius 1 is 0.966 bits per heavy atom. The maximum Gasteiger partial charge on any atom is 0.136 e. The van der Waals surface area contributed by atoms with Crippen LogP contribution < -0.4 is 0 Å². The summed E-state index contributed by atoms with van der Waals surface area (Å²) in [5, 5.41) is 7.32. The van der Waals surface area contributed by atoms with Crippen LogP contribution in [0.5, 0.6) is 0 Å². The van der Waals surface area contributed by atoms with Crippen LogP contribution in [0.2, 0.25) is 0 Å². The van der Waals surface area contributed by atoms with Gasteiger partial charge in [0, 0.05) is 25.6 Å². The molecule has 2 aromatic rings. The number of aryl methyl sites for hydroxylation is 1. The van der Waals surface area contributed by atoms with Crippen molar-refractivity contribution < 1.29 is 4.39 Å². The van der Waals surface area contributed by atoms with Crippen molar-refractivity contribution in [1.29, 1.82) is 5.26 Å². The largest absolute Gasteiger partial charge is 0.298 e. The fourth-order valence-electron chi connectivity index (χ4n) is 3.80. The van der Waals surface area contributed by atoms with E-state index in [1.54, 1.807) is 6.07 Å². The Kier molecular flexibility index (Phi) is 8.86. The van der Waals surface area contributed by atoms with Crippen molar-refractivity contribution in [1.82, 2.24) is 4.90 Å². The van der Waals surface area contributed by atoms with Gasteiger partial charge in [0.1, 0.15) is 5.67 Å². The third-order valence-electron chi connectivity index (χ3n) is 5.74. The molecule has 1 unspecified atom stereocenters. The number of nitrogens with zero attached hydrogens (tertiary/aromatic N) is 2. The van der Waals surface area contributed by atoms with E-state index in [0.717, 1.165) is 31.4 Å². The fourth-order valence-corrected chi connectivity index (χ4v) is 3.80. The number of nitriles is 1. The zero-order chi connectivity index (χ0) is 21.3. The molecule has 1 aliphatic rings. The first-order valence-electron chi connectivity index (χ1n) is 10.8. The van der Waals surface area contributed by atoms with E-state index in [9.17, 15) is 4.39 Å². The lowest BCUT2D eigenvalue weighted by molar-refractivity contribution is 0.158. The molecule has 3 heteroatoms. The van der Waals surface area contributed by atoms with E-state index in [-0.39, 0.29) is 0 Å². The Balaban J connectivity index is 0.000000941. The van der Waals surface area contributed by atoms with E-state index in [2.05, 4.69) is 68.1 Å². The van der Waals surface area contributed by atoms with Crippen LogP contribution >= 0.6 is 0 Å². The van der Waals surface area contributed by atoms with Gasteiger partial charge in [-0.15, -0.1) is 0 Å². The molecule has 29 heavy (non-hydrogen) atoms. The van der Waals surface area contributed by atoms with Gasteiger partial charge in [-0.25, -0.2) is 4.39 Å². The van der Waals surface area contributed by atoms with Gasteiger partial charge in [-0.05, 0) is 69.6 Å². The summed E-state index contributed by atoms with van der Waals surface area (Å²) >= 11 is 0. The molecule has 1 aliphatic carbocycles. The van der Waals surface area contributed by atoms with Gasteiger partial charge in [0.25, 0.3) is 0 Å². The van der Waals surface area contributed by atoms with Gasteiger partial charge in [-0.3, -0.25) is 4.90 Å². The second kappa shape index (κ2) is 11.1. The zero-order valence-corrected chi connectivity index (χ0v) is 18.4. The van der Waals surface area contributed by atoms with E-state index < -0.39 is 5.67 Å².